The molecule has 1 aliphatic carbocycles. The third kappa shape index (κ3) is 2.97. The zero-order chi connectivity index (χ0) is 22.8. The van der Waals surface area contributed by atoms with Crippen LogP contribution in [0.3, 0.4) is 0 Å². The molecule has 2 saturated heterocycles. The van der Waals surface area contributed by atoms with Gasteiger partial charge >= 0.3 is 6.09 Å². The number of hydrogen-bond acceptors (Lipinski definition) is 9. The molecule has 168 valence electrons. The van der Waals surface area contributed by atoms with Gasteiger partial charge in [0.15, 0.2) is 5.72 Å². The summed E-state index contributed by atoms with van der Waals surface area (Å²) in [5.74, 6) is -1.20. The summed E-state index contributed by atoms with van der Waals surface area (Å²) < 4.78 is 11.0. The van der Waals surface area contributed by atoms with Crippen LogP contribution in [0.4, 0.5) is 4.79 Å². The van der Waals surface area contributed by atoms with Crippen LogP contribution >= 0.6 is 23.4 Å². The van der Waals surface area contributed by atoms with E-state index in [0.29, 0.717) is 11.6 Å². The fraction of sp³-hybridized carbons (Fsp3) is 0.381. The monoisotopic (exact) mass is 476 g/mol. The lowest BCUT2D eigenvalue weighted by Gasteiger charge is -2.39. The Bertz CT molecular complexity index is 1100. The summed E-state index contributed by atoms with van der Waals surface area (Å²) in [5, 5.41) is 3.92. The third-order valence-electron chi connectivity index (χ3n) is 6.53. The van der Waals surface area contributed by atoms with Gasteiger partial charge in [-0.05, 0) is 24.3 Å². The number of thioether (sulfide) groups is 1. The second-order valence-corrected chi connectivity index (χ2v) is 9.54. The van der Waals surface area contributed by atoms with E-state index in [1.165, 1.54) is 18.9 Å². The zero-order valence-electron chi connectivity index (χ0n) is 17.1. The van der Waals surface area contributed by atoms with Crippen molar-refractivity contribution in [2.45, 2.75) is 22.7 Å². The molecule has 5 rings (SSSR count). The number of primary amides is 1. The second kappa shape index (κ2) is 7.51. The van der Waals surface area contributed by atoms with Gasteiger partial charge in [-0.15, -0.1) is 11.8 Å². The standard InChI is InChI=1S/C21H21ClN4O5S/c1-30-21-12(7-31-20(24)29)14-16(26(21)6-13-19(21)25-13)17(27)11(15(23)18(14)28)8-32-10-4-2-9(22)3-5-10/h2-5,12-13,19,25H,6-8,23H2,1H3,(H2,24,29)/t12-,13+,19+,21-/m1/s1. The molecule has 1 aromatic rings. The first-order valence-electron chi connectivity index (χ1n) is 10.0. The van der Waals surface area contributed by atoms with E-state index in [0.717, 1.165) is 4.90 Å². The smallest absolute Gasteiger partial charge is 0.404 e. The maximum absolute atomic E-state index is 13.6. The van der Waals surface area contributed by atoms with Crippen LogP contribution in [-0.4, -0.2) is 66.4 Å². The predicted octanol–water partition coefficient (Wildman–Crippen LogP) is 0.775. The Labute approximate surface area is 193 Å². The molecule has 1 amide bonds. The molecule has 0 radical (unpaired) electrons. The van der Waals surface area contributed by atoms with Gasteiger partial charge in [0.05, 0.1) is 23.4 Å². The van der Waals surface area contributed by atoms with Crippen LogP contribution in [0.1, 0.15) is 0 Å². The molecule has 4 atom stereocenters. The van der Waals surface area contributed by atoms with Crippen LogP contribution in [0, 0.1) is 5.92 Å². The van der Waals surface area contributed by atoms with Crippen molar-refractivity contribution in [2.24, 2.45) is 17.4 Å². The topological polar surface area (TPSA) is 147 Å². The van der Waals surface area contributed by atoms with Crippen LogP contribution < -0.4 is 16.8 Å². The molecule has 0 bridgehead atoms. The number of ketones is 2. The van der Waals surface area contributed by atoms with Gasteiger partial charge in [-0.1, -0.05) is 11.6 Å². The fourth-order valence-corrected chi connectivity index (χ4v) is 6.12. The summed E-state index contributed by atoms with van der Waals surface area (Å²) in [6.07, 6.45) is -0.965. The number of piperazine rings is 1. The quantitative estimate of drug-likeness (QED) is 0.307. The lowest BCUT2D eigenvalue weighted by atomic mass is 9.82. The molecule has 5 N–H and O–H groups in total. The molecule has 11 heteroatoms. The highest BCUT2D eigenvalue weighted by Gasteiger charge is 2.72. The highest BCUT2D eigenvalue weighted by atomic mass is 35.5. The normalized spacial score (nSPS) is 30.4. The molecule has 3 aliphatic heterocycles. The predicted molar refractivity (Wildman–Crippen MR) is 117 cm³/mol. The lowest BCUT2D eigenvalue weighted by molar-refractivity contribution is -0.137. The maximum atomic E-state index is 13.6. The summed E-state index contributed by atoms with van der Waals surface area (Å²) in [4.78, 5) is 41.0. The summed E-state index contributed by atoms with van der Waals surface area (Å²) in [6.45, 7) is 0.311. The Balaban J connectivity index is 1.49. The lowest BCUT2D eigenvalue weighted by Crippen LogP contribution is -2.55. The number of amides is 1. The van der Waals surface area contributed by atoms with Crippen LogP contribution in [-0.2, 0) is 19.1 Å². The molecular formula is C21H21ClN4O5S. The highest BCUT2D eigenvalue weighted by molar-refractivity contribution is 7.99. The number of benzene rings is 1. The van der Waals surface area contributed by atoms with Crippen LogP contribution in [0.5, 0.6) is 0 Å². The van der Waals surface area contributed by atoms with Crippen LogP contribution in [0.25, 0.3) is 0 Å². The number of carbonyl (C=O) groups excluding carboxylic acids is 3. The number of Topliss-reactive ketones (excluding diaryl/α,β-unsaturated/α-hetero) is 2. The van der Waals surface area contributed by atoms with E-state index in [9.17, 15) is 14.4 Å². The molecule has 32 heavy (non-hydrogen) atoms. The Morgan fingerprint density at radius 1 is 1.31 bits per heavy atom. The second-order valence-electron chi connectivity index (χ2n) is 8.06. The van der Waals surface area contributed by atoms with Gasteiger partial charge in [0.25, 0.3) is 0 Å². The largest absolute Gasteiger partial charge is 0.449 e. The molecule has 3 heterocycles. The van der Waals surface area contributed by atoms with E-state index in [1.807, 2.05) is 17.0 Å². The number of halogens is 1. The average Bonchev–Trinajstić information content (AvgIpc) is 3.38. The van der Waals surface area contributed by atoms with Gasteiger partial charge in [-0.2, -0.15) is 0 Å². The first-order valence-corrected chi connectivity index (χ1v) is 11.4. The van der Waals surface area contributed by atoms with Gasteiger partial charge in [0.1, 0.15) is 6.61 Å². The van der Waals surface area contributed by atoms with Crippen molar-refractivity contribution in [1.82, 2.24) is 10.2 Å². The Morgan fingerprint density at radius 2 is 2.03 bits per heavy atom. The zero-order valence-corrected chi connectivity index (χ0v) is 18.7. The van der Waals surface area contributed by atoms with E-state index >= 15 is 0 Å². The minimum Gasteiger partial charge on any atom is -0.449 e. The van der Waals surface area contributed by atoms with Gasteiger partial charge in [-0.25, -0.2) is 4.79 Å². The van der Waals surface area contributed by atoms with E-state index in [1.54, 1.807) is 12.1 Å². The number of fused-ring (bicyclic) bond motifs is 4. The van der Waals surface area contributed by atoms with Crippen molar-refractivity contribution in [1.29, 1.82) is 0 Å². The molecule has 4 aliphatic rings. The van der Waals surface area contributed by atoms with Crippen molar-refractivity contribution < 1.29 is 23.9 Å². The van der Waals surface area contributed by atoms with Crippen LogP contribution in [0.15, 0.2) is 51.7 Å². The molecule has 1 aromatic carbocycles. The van der Waals surface area contributed by atoms with Crippen molar-refractivity contribution in [3.63, 3.8) is 0 Å². The first-order chi connectivity index (χ1) is 15.3. The number of nitrogens with zero attached hydrogens (tertiary/aromatic N) is 1. The minimum absolute atomic E-state index is 0.0907. The number of hydrogen-bond donors (Lipinski definition) is 3. The van der Waals surface area contributed by atoms with Gasteiger partial charge in [0.2, 0.25) is 11.6 Å². The Kier molecular flexibility index (Phi) is 5.01. The molecule has 0 unspecified atom stereocenters. The number of carbonyl (C=O) groups is 3. The maximum Gasteiger partial charge on any atom is 0.404 e. The number of allylic oxidation sites excluding steroid dienone is 2. The summed E-state index contributed by atoms with van der Waals surface area (Å²) in [7, 11) is 1.52. The van der Waals surface area contributed by atoms with E-state index in [2.05, 4.69) is 5.32 Å². The number of ether oxygens (including phenoxy) is 2. The van der Waals surface area contributed by atoms with Gasteiger partial charge in [-0.3, -0.25) is 9.59 Å². The number of nitrogens with two attached hydrogens (primary N) is 2. The van der Waals surface area contributed by atoms with Gasteiger partial charge in [0, 0.05) is 46.5 Å². The molecule has 0 spiro atoms. The van der Waals surface area contributed by atoms with Crippen molar-refractivity contribution >= 4 is 41.0 Å². The molecule has 9 nitrogen and oxygen atoms in total. The summed E-state index contributed by atoms with van der Waals surface area (Å²) in [6, 6.07) is 7.21. The van der Waals surface area contributed by atoms with Crippen molar-refractivity contribution in [3.05, 3.63) is 51.8 Å². The van der Waals surface area contributed by atoms with Crippen molar-refractivity contribution in [2.75, 3.05) is 26.0 Å². The van der Waals surface area contributed by atoms with Crippen molar-refractivity contribution in [3.8, 4) is 0 Å². The third-order valence-corrected chi connectivity index (χ3v) is 7.82. The van der Waals surface area contributed by atoms with E-state index in [4.69, 9.17) is 32.5 Å². The number of nitrogens with one attached hydrogen (secondary N) is 1. The molecular weight excluding hydrogens is 456 g/mol. The minimum atomic E-state index is -1.02. The van der Waals surface area contributed by atoms with E-state index in [-0.39, 0.29) is 52.8 Å². The fourth-order valence-electron chi connectivity index (χ4n) is 5.07. The summed E-state index contributed by atoms with van der Waals surface area (Å²) >= 11 is 7.33. The molecule has 0 saturated carbocycles. The van der Waals surface area contributed by atoms with E-state index < -0.39 is 23.5 Å². The molecule has 0 aromatic heterocycles. The Hall–Kier alpha value is -2.53. The van der Waals surface area contributed by atoms with Gasteiger partial charge < -0.3 is 31.2 Å². The Morgan fingerprint density at radius 3 is 2.69 bits per heavy atom. The number of rotatable bonds is 6. The average molecular weight is 477 g/mol. The SMILES string of the molecule is CO[C@@]12[C@H](COC(N)=O)C3=C(C(=O)C(CSc4ccc(Cl)cc4)=C(N)C3=O)N1C[C@@H]1N[C@@H]12. The first kappa shape index (κ1) is 21.3. The highest BCUT2D eigenvalue weighted by Crippen LogP contribution is 2.55. The van der Waals surface area contributed by atoms with Crippen LogP contribution in [0.2, 0.25) is 5.02 Å². The molecule has 2 fully saturated rings. The number of methoxy groups -OCH3 is 1. The summed E-state index contributed by atoms with van der Waals surface area (Å²) in [5.41, 5.74) is 11.0.